The fourth-order valence-corrected chi connectivity index (χ4v) is 4.65. The molecule has 0 spiro atoms. The number of aliphatic carboxylic acids is 1. The van der Waals surface area contributed by atoms with E-state index in [1.54, 1.807) is 6.92 Å². The van der Waals surface area contributed by atoms with Crippen molar-refractivity contribution in [3.63, 3.8) is 0 Å². The molecule has 1 fully saturated rings. The molecule has 3 rings (SSSR count). The maximum absolute atomic E-state index is 12.2. The largest absolute Gasteiger partial charge is 0.504 e. The average molecular weight is 528 g/mol. The number of amides is 2. The number of phenolic OH excluding ortho intramolecular Hbond substituents is 2. The van der Waals surface area contributed by atoms with Crippen molar-refractivity contribution >= 4 is 46.7 Å². The maximum atomic E-state index is 12.2. The Morgan fingerprint density at radius 1 is 1.43 bits per heavy atom. The van der Waals surface area contributed by atoms with Crippen LogP contribution in [0.2, 0.25) is 5.02 Å². The van der Waals surface area contributed by atoms with E-state index in [-0.39, 0.29) is 35.3 Å². The van der Waals surface area contributed by atoms with Gasteiger partial charge in [0.25, 0.3) is 5.91 Å². The van der Waals surface area contributed by atoms with Gasteiger partial charge in [-0.05, 0) is 26.0 Å². The van der Waals surface area contributed by atoms with Crippen molar-refractivity contribution in [1.82, 2.24) is 19.9 Å². The van der Waals surface area contributed by atoms with Crippen LogP contribution in [0.3, 0.4) is 0 Å². The van der Waals surface area contributed by atoms with Crippen molar-refractivity contribution < 1.29 is 38.5 Å². The van der Waals surface area contributed by atoms with Crippen LogP contribution in [0, 0.1) is 0 Å². The minimum Gasteiger partial charge on any atom is -0.504 e. The number of β-lactam (4-membered cyclic amide) rings is 1. The Kier molecular flexibility index (Phi) is 7.47. The van der Waals surface area contributed by atoms with Crippen molar-refractivity contribution in [2.75, 3.05) is 0 Å². The molecule has 0 bridgehead atoms. The van der Waals surface area contributed by atoms with E-state index in [9.17, 15) is 38.5 Å². The van der Waals surface area contributed by atoms with Gasteiger partial charge in [-0.2, -0.15) is 5.10 Å². The quantitative estimate of drug-likeness (QED) is 0.103. The lowest BCUT2D eigenvalue weighted by Crippen LogP contribution is -2.67. The van der Waals surface area contributed by atoms with Gasteiger partial charge in [-0.15, -0.1) is 0 Å². The Balaban J connectivity index is 1.74. The summed E-state index contributed by atoms with van der Waals surface area (Å²) < 4.78 is 21.8. The van der Waals surface area contributed by atoms with E-state index in [1.165, 1.54) is 30.1 Å². The van der Waals surface area contributed by atoms with E-state index in [2.05, 4.69) is 15.5 Å². The summed E-state index contributed by atoms with van der Waals surface area (Å²) in [7, 11) is 0. The van der Waals surface area contributed by atoms with Gasteiger partial charge in [0.1, 0.15) is 10.4 Å². The minimum absolute atomic E-state index is 0.139. The van der Waals surface area contributed by atoms with Crippen molar-refractivity contribution in [3.05, 3.63) is 40.9 Å². The van der Waals surface area contributed by atoms with Crippen LogP contribution in [-0.4, -0.2) is 79.4 Å². The maximum Gasteiger partial charge on any atom is 0.328 e. The summed E-state index contributed by atoms with van der Waals surface area (Å²) in [5.74, 6) is -3.74. The van der Waals surface area contributed by atoms with Gasteiger partial charge in [0, 0.05) is 25.2 Å². The van der Waals surface area contributed by atoms with Gasteiger partial charge >= 0.3 is 5.97 Å². The summed E-state index contributed by atoms with van der Waals surface area (Å²) in [4.78, 5) is 41.3. The Morgan fingerprint density at radius 2 is 2.11 bits per heavy atom. The van der Waals surface area contributed by atoms with E-state index in [0.717, 1.165) is 17.2 Å². The highest BCUT2D eigenvalue weighted by Gasteiger charge is 2.54. The normalized spacial score (nSPS) is 19.1. The lowest BCUT2D eigenvalue weighted by atomic mass is 9.91. The Morgan fingerprint density at radius 3 is 2.69 bits per heavy atom. The number of hydrogen-bond donors (Lipinski definition) is 5. The van der Waals surface area contributed by atoms with Crippen LogP contribution in [0.4, 0.5) is 0 Å². The molecular weight excluding hydrogens is 506 g/mol. The topological polar surface area (TPSA) is 195 Å². The smallest absolute Gasteiger partial charge is 0.328 e. The Labute approximate surface area is 206 Å². The van der Waals surface area contributed by atoms with Gasteiger partial charge in [0.05, 0.1) is 23.1 Å². The zero-order valence-electron chi connectivity index (χ0n) is 18.5. The predicted octanol–water partition coefficient (Wildman–Crippen LogP) is 0.766. The summed E-state index contributed by atoms with van der Waals surface area (Å²) >= 11 is 3.20. The van der Waals surface area contributed by atoms with Crippen LogP contribution in [0.25, 0.3) is 0 Å². The van der Waals surface area contributed by atoms with Crippen LogP contribution < -0.4 is 5.43 Å². The van der Waals surface area contributed by atoms with Gasteiger partial charge in [-0.3, -0.25) is 9.59 Å². The van der Waals surface area contributed by atoms with Crippen molar-refractivity contribution in [1.29, 1.82) is 0 Å². The first-order valence-electron chi connectivity index (χ1n) is 10.1. The highest BCUT2D eigenvalue weighted by molar-refractivity contribution is 7.80. The molecule has 1 aliphatic heterocycles. The van der Waals surface area contributed by atoms with Crippen molar-refractivity contribution in [2.45, 2.75) is 43.6 Å². The summed E-state index contributed by atoms with van der Waals surface area (Å²) in [6.07, 6.45) is 4.00. The molecule has 1 aliphatic rings. The molecular formula is C20H22ClN5O8S. The molecule has 5 N–H and O–H groups in total. The first kappa shape index (κ1) is 26.1. The second-order valence-corrected chi connectivity index (χ2v) is 9.93. The van der Waals surface area contributed by atoms with Crippen LogP contribution in [-0.2, 0) is 27.2 Å². The third kappa shape index (κ3) is 5.13. The number of rotatable bonds is 9. The molecule has 1 unspecified atom stereocenters. The van der Waals surface area contributed by atoms with E-state index in [0.29, 0.717) is 0 Å². The number of phenols is 2. The van der Waals surface area contributed by atoms with Gasteiger partial charge in [-0.25, -0.2) is 19.4 Å². The second kappa shape index (κ2) is 10.0. The molecule has 1 aromatic heterocycles. The lowest BCUT2D eigenvalue weighted by molar-refractivity contribution is -0.163. The monoisotopic (exact) mass is 527 g/mol. The number of carboxylic acid groups (broad SMARTS) is 1. The highest BCUT2D eigenvalue weighted by atomic mass is 35.5. The number of nitrogens with zero attached hydrogens (tertiary/aromatic N) is 4. The number of halogens is 1. The summed E-state index contributed by atoms with van der Waals surface area (Å²) in [5, 5.41) is 32.1. The fraction of sp³-hybridized carbons (Fsp3) is 0.350. The second-order valence-electron chi connectivity index (χ2n) is 8.12. The van der Waals surface area contributed by atoms with Crippen LogP contribution >= 0.6 is 11.6 Å². The van der Waals surface area contributed by atoms with E-state index < -0.39 is 51.2 Å². The third-order valence-corrected chi connectivity index (χ3v) is 7.11. The molecule has 4 atom stereocenters. The summed E-state index contributed by atoms with van der Waals surface area (Å²) in [5.41, 5.74) is 2.26. The summed E-state index contributed by atoms with van der Waals surface area (Å²) in [6, 6.07) is 0.345. The molecule has 188 valence electrons. The summed E-state index contributed by atoms with van der Waals surface area (Å²) in [6.45, 7) is 2.69. The number of aromatic hydroxyl groups is 2. The molecule has 0 radical (unpaired) electrons. The standard InChI is InChI=1S/C20H22ClN5O8S/c1-10-5-14(28)26(10)17(19(31)32)20(2,35(33)34)8-25-7-11(22-9-25)6-23-24-18(30)12-3-4-13(27)16(29)15(12)21/h3-4,6-7,9-10,17,27,29H,5,8H2,1-2H3,(H,24,30)(H,31,32)(H,33,34)/b23-6+/t10-,17+,20+/m1/s1. The molecule has 2 amide bonds. The Bertz CT molecular complexity index is 1230. The molecule has 1 aromatic carbocycles. The SMILES string of the molecule is C[C@@H]1CC(=O)N1[C@@H](C(=O)O)[C@](C)(Cn1cnc(/C=N/NC(=O)c2ccc(O)c(O)c2Cl)c1)S(=O)O. The van der Waals surface area contributed by atoms with Crippen molar-refractivity contribution in [2.24, 2.45) is 5.10 Å². The van der Waals surface area contributed by atoms with Gasteiger partial charge < -0.3 is 29.3 Å². The number of imidazole rings is 1. The number of carbonyl (C=O) groups is 3. The number of nitrogens with one attached hydrogen (secondary N) is 1. The number of likely N-dealkylation sites (tertiary alicyclic amines) is 1. The number of carbonyl (C=O) groups excluding carboxylic acids is 2. The number of carboxylic acids is 1. The first-order valence-corrected chi connectivity index (χ1v) is 11.6. The van der Waals surface area contributed by atoms with Gasteiger partial charge in [0.2, 0.25) is 5.91 Å². The van der Waals surface area contributed by atoms with E-state index >= 15 is 0 Å². The average Bonchev–Trinajstić information content (AvgIpc) is 3.22. The molecule has 0 saturated carbocycles. The van der Waals surface area contributed by atoms with Gasteiger partial charge in [0.15, 0.2) is 28.6 Å². The molecule has 35 heavy (non-hydrogen) atoms. The molecule has 2 heterocycles. The molecule has 15 heteroatoms. The van der Waals surface area contributed by atoms with Crippen molar-refractivity contribution in [3.8, 4) is 11.5 Å². The zero-order valence-corrected chi connectivity index (χ0v) is 20.0. The Hall–Kier alpha value is -3.49. The molecule has 13 nitrogen and oxygen atoms in total. The predicted molar refractivity (Wildman–Crippen MR) is 124 cm³/mol. The van der Waals surface area contributed by atoms with E-state index in [1.807, 2.05) is 0 Å². The molecule has 2 aromatic rings. The van der Waals surface area contributed by atoms with Gasteiger partial charge in [-0.1, -0.05) is 11.6 Å². The zero-order chi connectivity index (χ0) is 26.1. The fourth-order valence-electron chi connectivity index (χ4n) is 3.74. The number of benzene rings is 1. The van der Waals surface area contributed by atoms with E-state index in [4.69, 9.17) is 11.6 Å². The third-order valence-electron chi connectivity index (χ3n) is 5.57. The van der Waals surface area contributed by atoms with Crippen LogP contribution in [0.1, 0.15) is 36.3 Å². The number of aromatic nitrogens is 2. The van der Waals surface area contributed by atoms with Crippen LogP contribution in [0.5, 0.6) is 11.5 Å². The number of hydrogen-bond acceptors (Lipinski definition) is 8. The number of hydrazone groups is 1. The molecule has 1 saturated heterocycles. The van der Waals surface area contributed by atoms with Crippen LogP contribution in [0.15, 0.2) is 29.8 Å². The molecule has 0 aliphatic carbocycles. The minimum atomic E-state index is -2.63. The lowest BCUT2D eigenvalue weighted by Gasteiger charge is -2.47. The first-order chi connectivity index (χ1) is 16.4. The highest BCUT2D eigenvalue weighted by Crippen LogP contribution is 2.35.